The summed E-state index contributed by atoms with van der Waals surface area (Å²) in [4.78, 5) is 179. The van der Waals surface area contributed by atoms with Crippen LogP contribution in [0.3, 0.4) is 0 Å². The summed E-state index contributed by atoms with van der Waals surface area (Å²) in [6.07, 6.45) is 25.0. The molecule has 822 valence electrons. The molecule has 5 saturated carbocycles. The van der Waals surface area contributed by atoms with E-state index in [9.17, 15) is 52.7 Å². The number of piperazine rings is 2. The highest BCUT2D eigenvalue weighted by Gasteiger charge is 2.53. The highest BCUT2D eigenvalue weighted by molar-refractivity contribution is 5.94. The number of amides is 11. The van der Waals surface area contributed by atoms with E-state index in [0.29, 0.717) is 207 Å². The van der Waals surface area contributed by atoms with Crippen molar-refractivity contribution in [2.24, 2.45) is 46.2 Å². The molecular weight excluding hydrogens is 1830 g/mol. The average molecular weight is 2030 g/mol. The number of rotatable bonds is 55. The number of hydrogen-bond acceptors (Lipinski definition) is 26. The largest absolute Gasteiger partial charge is 0.378 e. The number of nitrogens with one attached hydrogen (secondary N) is 9. The molecule has 0 aromatic carbocycles. The Kier molecular flexibility index (Phi) is 47.7. The Balaban J connectivity index is 0.578. The van der Waals surface area contributed by atoms with Crippen LogP contribution in [0.25, 0.3) is 0 Å². The molecule has 0 bridgehead atoms. The highest BCUT2D eigenvalue weighted by Crippen LogP contribution is 2.51. The van der Waals surface area contributed by atoms with Crippen molar-refractivity contribution in [1.82, 2.24) is 117 Å². The van der Waals surface area contributed by atoms with Gasteiger partial charge in [-0.2, -0.15) is 5.53 Å². The maximum absolute atomic E-state index is 14.5. The topological polar surface area (TPSA) is 386 Å². The lowest BCUT2D eigenvalue weighted by Crippen LogP contribution is -2.54. The van der Waals surface area contributed by atoms with Crippen molar-refractivity contribution in [2.45, 2.75) is 362 Å². The van der Waals surface area contributed by atoms with Crippen molar-refractivity contribution in [2.75, 3.05) is 217 Å². The standard InChI is InChI=1S/C107H196N24O13/c1-17-40-122(93(134)32-27-57-143-82-30-25-29-76(59-82)103-110-85-36-33-77(62-88(85)113-103)104-111-86-37-34-80(63-89(86)114-104)120-53-49-118(15)50-54-120)68-94(135)123(41-18-2)69-95(136)124(42-19-3)70-96(137)125(43-20-4)71-97(138)126(44-21-5)72-98(139)127(45-22-6)73-99(140)128(46-23-7)74-100(141)129(47-24-8)75-101(142)130(67-91(108)132)65-79-66-131(117-116-79)48-28-39-109-92(133)31-26-58-144-102-83(106(9,10)11)60-78(61-84(102)107(12,13)14)105-112-87-38-35-81(64-90(87)115-105)121-55-51-119(16)52-56-121/h76-90,102-105,110-117H,17-75H2,1-16H3,(H2,108,132)(H,109,133). The molecule has 17 unspecified atom stereocenters. The monoisotopic (exact) mass is 2030 g/mol. The lowest BCUT2D eigenvalue weighted by molar-refractivity contribution is -0.149. The van der Waals surface area contributed by atoms with Gasteiger partial charge in [0.25, 0.3) is 0 Å². The second-order valence-corrected chi connectivity index (χ2v) is 46.8. The van der Waals surface area contributed by atoms with Gasteiger partial charge >= 0.3 is 0 Å². The first-order chi connectivity index (χ1) is 69.0. The lowest BCUT2D eigenvalue weighted by atomic mass is 9.58. The number of likely N-dealkylation sites (N-methyl/N-ethyl adjacent to an activating group) is 2. The van der Waals surface area contributed by atoms with E-state index in [2.05, 4.69) is 123 Å². The van der Waals surface area contributed by atoms with Crippen molar-refractivity contribution >= 4 is 65.0 Å². The third-order valence-corrected chi connectivity index (χ3v) is 33.3. The predicted octanol–water partition coefficient (Wildman–Crippen LogP) is 4.83. The quantitative estimate of drug-likeness (QED) is 0.0364. The summed E-state index contributed by atoms with van der Waals surface area (Å²) in [6, 6.07) is 4.10. The fraction of sp³-hybridized carbons (Fsp3) is 0.897. The molecule has 0 aromatic heterocycles. The lowest BCUT2D eigenvalue weighted by Gasteiger charge is -2.52. The van der Waals surface area contributed by atoms with Crippen LogP contribution >= 0.6 is 0 Å². The first-order valence-corrected chi connectivity index (χ1v) is 57.0. The molecule has 6 aliphatic heterocycles. The third-order valence-electron chi connectivity index (χ3n) is 33.3. The number of carbonyl (C=O) groups excluding carboxylic acids is 11. The van der Waals surface area contributed by atoms with E-state index in [1.54, 1.807) is 4.90 Å². The molecule has 0 spiro atoms. The van der Waals surface area contributed by atoms with Crippen LogP contribution < -0.4 is 53.9 Å². The normalized spacial score (nSPS) is 28.3. The van der Waals surface area contributed by atoms with Gasteiger partial charge in [0.1, 0.15) is 0 Å². The fourth-order valence-electron chi connectivity index (χ4n) is 25.2. The van der Waals surface area contributed by atoms with E-state index in [0.717, 1.165) is 51.6 Å². The van der Waals surface area contributed by atoms with Crippen LogP contribution in [-0.4, -0.2) is 436 Å². The molecular formula is C107H196N24O13. The van der Waals surface area contributed by atoms with Gasteiger partial charge in [-0.3, -0.25) is 94.4 Å². The zero-order valence-electron chi connectivity index (χ0n) is 91.8. The fourth-order valence-corrected chi connectivity index (χ4v) is 25.2. The molecule has 17 atom stereocenters. The van der Waals surface area contributed by atoms with Gasteiger partial charge in [-0.1, -0.05) is 103 Å². The minimum atomic E-state index is -0.726. The molecule has 11 N–H and O–H groups in total. The van der Waals surface area contributed by atoms with Crippen molar-refractivity contribution in [1.29, 1.82) is 0 Å². The van der Waals surface area contributed by atoms with Gasteiger partial charge in [0.05, 0.1) is 95.6 Å². The Morgan fingerprint density at radius 1 is 0.368 bits per heavy atom. The summed E-state index contributed by atoms with van der Waals surface area (Å²) >= 11 is 0. The predicted molar refractivity (Wildman–Crippen MR) is 562 cm³/mol. The van der Waals surface area contributed by atoms with Gasteiger partial charge < -0.3 is 74.4 Å². The van der Waals surface area contributed by atoms with Gasteiger partial charge in [-0.15, -0.1) is 0 Å². The molecule has 11 rings (SSSR count). The smallest absolute Gasteiger partial charge is 0.242 e. The zero-order valence-corrected chi connectivity index (χ0v) is 91.8. The molecule has 6 heterocycles. The molecule has 11 aliphatic rings. The molecule has 11 amide bonds. The Morgan fingerprint density at radius 2 is 0.722 bits per heavy atom. The number of primary amides is 1. The Bertz CT molecular complexity index is 3980. The minimum Gasteiger partial charge on any atom is -0.378 e. The number of carbonyl (C=O) groups is 11. The summed E-state index contributed by atoms with van der Waals surface area (Å²) < 4.78 is 13.5. The second kappa shape index (κ2) is 58.3. The number of hydrazine groups is 2. The Morgan fingerprint density at radius 3 is 1.12 bits per heavy atom. The van der Waals surface area contributed by atoms with Gasteiger partial charge in [0.15, 0.2) is 0 Å². The molecule has 0 radical (unpaired) electrons. The molecule has 11 fully saturated rings. The van der Waals surface area contributed by atoms with Gasteiger partial charge in [-0.25, -0.2) is 10.4 Å². The number of nitrogens with two attached hydrogens (primary N) is 1. The van der Waals surface area contributed by atoms with E-state index in [1.807, 2.05) is 60.4 Å². The first kappa shape index (κ1) is 118. The van der Waals surface area contributed by atoms with Crippen LogP contribution in [0.1, 0.15) is 277 Å². The molecule has 37 nitrogen and oxygen atoms in total. The van der Waals surface area contributed by atoms with Crippen molar-refractivity contribution < 1.29 is 62.2 Å². The van der Waals surface area contributed by atoms with Gasteiger partial charge in [0, 0.05) is 205 Å². The molecule has 144 heavy (non-hydrogen) atoms. The summed E-state index contributed by atoms with van der Waals surface area (Å²) in [5, 5.41) is 29.7. The van der Waals surface area contributed by atoms with Crippen molar-refractivity contribution in [3.8, 4) is 0 Å². The van der Waals surface area contributed by atoms with Crippen molar-refractivity contribution in [3.63, 3.8) is 0 Å². The molecule has 6 saturated heterocycles. The Hall–Kier alpha value is -6.43. The summed E-state index contributed by atoms with van der Waals surface area (Å²) in [6.45, 7) is 39.7. The van der Waals surface area contributed by atoms with Crippen LogP contribution in [0.5, 0.6) is 0 Å². The maximum atomic E-state index is 14.5. The van der Waals surface area contributed by atoms with Crippen molar-refractivity contribution in [3.05, 3.63) is 0 Å². The van der Waals surface area contributed by atoms with Crippen LogP contribution in [0.15, 0.2) is 0 Å². The zero-order chi connectivity index (χ0) is 104. The maximum Gasteiger partial charge on any atom is 0.242 e. The third kappa shape index (κ3) is 35.1. The average Bonchev–Trinajstić information content (AvgIpc) is 1.04. The highest BCUT2D eigenvalue weighted by atomic mass is 16.5. The van der Waals surface area contributed by atoms with Crippen LogP contribution in [0.4, 0.5) is 0 Å². The van der Waals surface area contributed by atoms with E-state index in [-0.39, 0.29) is 151 Å². The van der Waals surface area contributed by atoms with E-state index >= 15 is 0 Å². The Labute approximate surface area is 864 Å². The first-order valence-electron chi connectivity index (χ1n) is 57.0. The van der Waals surface area contributed by atoms with Crippen LogP contribution in [0.2, 0.25) is 0 Å². The minimum absolute atomic E-state index is 0.0228. The molecule has 0 aromatic rings. The van der Waals surface area contributed by atoms with Gasteiger partial charge in [-0.05, 0) is 215 Å². The van der Waals surface area contributed by atoms with E-state index in [1.165, 1.54) is 136 Å². The second-order valence-electron chi connectivity index (χ2n) is 46.8. The molecule has 5 aliphatic carbocycles. The summed E-state index contributed by atoms with van der Waals surface area (Å²) in [7, 11) is 4.47. The van der Waals surface area contributed by atoms with Crippen LogP contribution in [0, 0.1) is 40.4 Å². The molecule has 37 heteroatoms. The van der Waals surface area contributed by atoms with E-state index in [4.69, 9.17) is 15.2 Å². The van der Waals surface area contributed by atoms with E-state index < -0.39 is 66.9 Å². The number of ether oxygens (including phenoxy) is 2. The summed E-state index contributed by atoms with van der Waals surface area (Å²) in [5.41, 5.74) is 12.2. The van der Waals surface area contributed by atoms with Gasteiger partial charge in [0.2, 0.25) is 65.0 Å². The van der Waals surface area contributed by atoms with Crippen LogP contribution in [-0.2, 0) is 62.2 Å². The number of hydrogen-bond donors (Lipinski definition) is 10. The summed E-state index contributed by atoms with van der Waals surface area (Å²) in [5.74, 6) is -2.40. The number of fused-ring (bicyclic) bond motifs is 3. The SMILES string of the molecule is CCCN(CC(=O)N(CCC)CC(=O)N(CCC)CC(=O)N(CCC)CC(=O)N(CCC)CC(=O)N(CCC)CC(=O)N(CCC)CC(=O)N(CCC)CC(=O)N(CC(N)=O)CC1CN(CCCNC(=O)CCCOC2C(C(C)(C)C)CC(C3NC4CCC(N5CCN(C)CC5)CC4N3)CC2C(C)(C)C)NN1)C(=O)CCCOC1CCCC(C2NC3CCC(C4NC5CCC(N6CCN(C)CC6)CC5N4)CC3N2)C1. The number of nitrogens with zero attached hydrogens (tertiary/aromatic N) is 14.